The van der Waals surface area contributed by atoms with Gasteiger partial charge in [-0.15, -0.1) is 0 Å². The molecule has 0 saturated carbocycles. The number of rotatable bonds is 4. The average molecular weight is 231 g/mol. The third-order valence-electron chi connectivity index (χ3n) is 0.620. The maximum Gasteiger partial charge on any atom is 0.0169 e. The molecular formula is C4H10INS. The SMILES string of the molecule is CSCCCNI. The van der Waals surface area contributed by atoms with Crippen molar-refractivity contribution in [3.05, 3.63) is 0 Å². The summed E-state index contributed by atoms with van der Waals surface area (Å²) in [6, 6.07) is 0. The Morgan fingerprint density at radius 1 is 1.71 bits per heavy atom. The lowest BCUT2D eigenvalue weighted by atomic mass is 10.5. The van der Waals surface area contributed by atoms with E-state index in [0.29, 0.717) is 0 Å². The molecule has 1 N–H and O–H groups in total. The second kappa shape index (κ2) is 7.04. The summed E-state index contributed by atoms with van der Waals surface area (Å²) >= 11 is 4.07. The number of nitrogens with one attached hydrogen (secondary N) is 1. The maximum atomic E-state index is 3.06. The van der Waals surface area contributed by atoms with Crippen LogP contribution < -0.4 is 3.53 Å². The molecule has 0 heterocycles. The van der Waals surface area contributed by atoms with E-state index in [2.05, 4.69) is 32.7 Å². The third-order valence-corrected chi connectivity index (χ3v) is 1.86. The van der Waals surface area contributed by atoms with E-state index in [1.165, 1.54) is 12.2 Å². The predicted molar refractivity (Wildman–Crippen MR) is 45.0 cm³/mol. The summed E-state index contributed by atoms with van der Waals surface area (Å²) in [5.74, 6) is 1.27. The Balaban J connectivity index is 2.45. The van der Waals surface area contributed by atoms with Gasteiger partial charge in [-0.2, -0.15) is 11.8 Å². The Hall–Kier alpha value is 1.04. The number of hydrogen-bond donors (Lipinski definition) is 1. The van der Waals surface area contributed by atoms with Gasteiger partial charge in [0.05, 0.1) is 0 Å². The summed E-state index contributed by atoms with van der Waals surface area (Å²) in [5, 5.41) is 0. The summed E-state index contributed by atoms with van der Waals surface area (Å²) in [7, 11) is 0. The lowest BCUT2D eigenvalue weighted by Crippen LogP contribution is -1.99. The molecule has 0 radical (unpaired) electrons. The fourth-order valence-corrected chi connectivity index (χ4v) is 1.10. The standard InChI is InChI=1S/C4H10INS/c1-7-4-2-3-6-5/h6H,2-4H2,1H3. The summed E-state index contributed by atoms with van der Waals surface area (Å²) in [5.41, 5.74) is 0. The average Bonchev–Trinajstić information content (AvgIpc) is 1.69. The Bertz CT molecular complexity index is 30.9. The summed E-state index contributed by atoms with van der Waals surface area (Å²) in [6.45, 7) is 1.14. The van der Waals surface area contributed by atoms with Crippen LogP contribution >= 0.6 is 34.6 Å². The van der Waals surface area contributed by atoms with Gasteiger partial charge in [0.1, 0.15) is 0 Å². The molecular weight excluding hydrogens is 221 g/mol. The minimum absolute atomic E-state index is 1.14. The van der Waals surface area contributed by atoms with Gasteiger partial charge in [0, 0.05) is 29.4 Å². The van der Waals surface area contributed by atoms with Gasteiger partial charge in [0.25, 0.3) is 0 Å². The molecule has 0 rings (SSSR count). The molecule has 0 aromatic heterocycles. The van der Waals surface area contributed by atoms with E-state index < -0.39 is 0 Å². The topological polar surface area (TPSA) is 12.0 Å². The molecule has 0 aromatic carbocycles. The molecule has 0 aliphatic carbocycles. The second-order valence-electron chi connectivity index (χ2n) is 1.23. The van der Waals surface area contributed by atoms with E-state index in [-0.39, 0.29) is 0 Å². The Kier molecular flexibility index (Phi) is 8.09. The minimum atomic E-state index is 1.14. The molecule has 0 fully saturated rings. The van der Waals surface area contributed by atoms with Gasteiger partial charge in [-0.25, -0.2) is 0 Å². The molecule has 0 aliphatic rings. The molecule has 3 heteroatoms. The van der Waals surface area contributed by atoms with Crippen molar-refractivity contribution in [2.75, 3.05) is 18.6 Å². The fourth-order valence-electron chi connectivity index (χ4n) is 0.283. The van der Waals surface area contributed by atoms with Gasteiger partial charge in [-0.1, -0.05) is 0 Å². The van der Waals surface area contributed by atoms with Crippen molar-refractivity contribution >= 4 is 34.6 Å². The van der Waals surface area contributed by atoms with E-state index in [9.17, 15) is 0 Å². The van der Waals surface area contributed by atoms with Gasteiger partial charge in [-0.3, -0.25) is 3.53 Å². The van der Waals surface area contributed by atoms with Crippen LogP contribution in [0.15, 0.2) is 0 Å². The molecule has 1 nitrogen and oxygen atoms in total. The van der Waals surface area contributed by atoms with Gasteiger partial charge in [0.2, 0.25) is 0 Å². The molecule has 0 atom stereocenters. The van der Waals surface area contributed by atoms with Crippen molar-refractivity contribution in [2.45, 2.75) is 6.42 Å². The quantitative estimate of drug-likeness (QED) is 0.448. The summed E-state index contributed by atoms with van der Waals surface area (Å²) in [6.07, 6.45) is 3.41. The van der Waals surface area contributed by atoms with E-state index >= 15 is 0 Å². The van der Waals surface area contributed by atoms with Gasteiger partial charge in [-0.05, 0) is 18.4 Å². The zero-order valence-corrected chi connectivity index (χ0v) is 7.38. The predicted octanol–water partition coefficient (Wildman–Crippen LogP) is 1.68. The Morgan fingerprint density at radius 2 is 2.43 bits per heavy atom. The number of hydrogen-bond acceptors (Lipinski definition) is 2. The van der Waals surface area contributed by atoms with Crippen LogP contribution in [0.2, 0.25) is 0 Å². The first-order valence-electron chi connectivity index (χ1n) is 2.24. The van der Waals surface area contributed by atoms with Crippen molar-refractivity contribution in [1.29, 1.82) is 0 Å². The zero-order chi connectivity index (χ0) is 5.54. The summed E-state index contributed by atoms with van der Waals surface area (Å²) in [4.78, 5) is 0. The fraction of sp³-hybridized carbons (Fsp3) is 1.00. The van der Waals surface area contributed by atoms with Crippen molar-refractivity contribution in [2.24, 2.45) is 0 Å². The van der Waals surface area contributed by atoms with Crippen LogP contribution in [0.3, 0.4) is 0 Å². The maximum absolute atomic E-state index is 3.06. The van der Waals surface area contributed by atoms with Crippen molar-refractivity contribution in [3.63, 3.8) is 0 Å². The van der Waals surface area contributed by atoms with Crippen LogP contribution in [-0.2, 0) is 0 Å². The van der Waals surface area contributed by atoms with Crippen molar-refractivity contribution in [3.8, 4) is 0 Å². The largest absolute Gasteiger partial charge is 0.261 e. The molecule has 44 valence electrons. The lowest BCUT2D eigenvalue weighted by Gasteiger charge is -1.91. The van der Waals surface area contributed by atoms with E-state index in [0.717, 1.165) is 6.54 Å². The van der Waals surface area contributed by atoms with Crippen LogP contribution in [0.5, 0.6) is 0 Å². The molecule has 0 saturated heterocycles. The Morgan fingerprint density at radius 3 is 2.86 bits per heavy atom. The first kappa shape index (κ1) is 8.04. The van der Waals surface area contributed by atoms with Crippen molar-refractivity contribution < 1.29 is 0 Å². The molecule has 0 bridgehead atoms. The first-order chi connectivity index (χ1) is 3.41. The highest BCUT2D eigenvalue weighted by molar-refractivity contribution is 14.1. The molecule has 0 aliphatic heterocycles. The zero-order valence-electron chi connectivity index (χ0n) is 4.41. The number of thioether (sulfide) groups is 1. The molecule has 0 aromatic rings. The van der Waals surface area contributed by atoms with Gasteiger partial charge < -0.3 is 0 Å². The third kappa shape index (κ3) is 7.04. The highest BCUT2D eigenvalue weighted by atomic mass is 127. The second-order valence-corrected chi connectivity index (χ2v) is 2.98. The van der Waals surface area contributed by atoms with Crippen LogP contribution in [0, 0.1) is 0 Å². The first-order valence-corrected chi connectivity index (χ1v) is 4.71. The van der Waals surface area contributed by atoms with Crippen LogP contribution in [0.1, 0.15) is 6.42 Å². The van der Waals surface area contributed by atoms with E-state index in [1.807, 2.05) is 11.8 Å². The molecule has 0 amide bonds. The van der Waals surface area contributed by atoms with Crippen LogP contribution in [0.4, 0.5) is 0 Å². The molecule has 0 unspecified atom stereocenters. The van der Waals surface area contributed by atoms with Crippen molar-refractivity contribution in [1.82, 2.24) is 3.53 Å². The van der Waals surface area contributed by atoms with Crippen LogP contribution in [-0.4, -0.2) is 18.6 Å². The highest BCUT2D eigenvalue weighted by Crippen LogP contribution is 1.93. The Labute approximate surface area is 63.1 Å². The highest BCUT2D eigenvalue weighted by Gasteiger charge is 1.79. The monoisotopic (exact) mass is 231 g/mol. The smallest absolute Gasteiger partial charge is 0.0169 e. The minimum Gasteiger partial charge on any atom is -0.261 e. The van der Waals surface area contributed by atoms with Crippen LogP contribution in [0.25, 0.3) is 0 Å². The van der Waals surface area contributed by atoms with Gasteiger partial charge >= 0.3 is 0 Å². The number of halogens is 1. The molecule has 7 heavy (non-hydrogen) atoms. The molecule has 0 spiro atoms. The lowest BCUT2D eigenvalue weighted by molar-refractivity contribution is 0.910. The van der Waals surface area contributed by atoms with Gasteiger partial charge in [0.15, 0.2) is 0 Å². The van der Waals surface area contributed by atoms with E-state index in [4.69, 9.17) is 0 Å². The normalized spacial score (nSPS) is 9.43. The summed E-state index contributed by atoms with van der Waals surface area (Å²) < 4.78 is 3.06. The van der Waals surface area contributed by atoms with E-state index in [1.54, 1.807) is 0 Å².